The van der Waals surface area contributed by atoms with E-state index in [9.17, 15) is 9.59 Å². The van der Waals surface area contributed by atoms with Crippen LogP contribution in [0.1, 0.15) is 29.9 Å². The van der Waals surface area contributed by atoms with Crippen LogP contribution in [-0.2, 0) is 4.79 Å². The number of benzene rings is 1. The van der Waals surface area contributed by atoms with Crippen molar-refractivity contribution in [2.75, 3.05) is 0 Å². The number of carboxylic acids is 1. The van der Waals surface area contributed by atoms with Crippen molar-refractivity contribution >= 4 is 23.5 Å². The SMILES string of the molecule is Cc1nn(-c2ccc(Cl)cc2)cc1C(=O)N[C@@H](C(=O)O)C(C)C. The summed E-state index contributed by atoms with van der Waals surface area (Å²) in [4.78, 5) is 23.5. The Morgan fingerprint density at radius 2 is 1.87 bits per heavy atom. The van der Waals surface area contributed by atoms with Gasteiger partial charge in [0.2, 0.25) is 0 Å². The predicted octanol–water partition coefficient (Wildman–Crippen LogP) is 2.67. The van der Waals surface area contributed by atoms with E-state index in [-0.39, 0.29) is 5.92 Å². The summed E-state index contributed by atoms with van der Waals surface area (Å²) in [7, 11) is 0. The lowest BCUT2D eigenvalue weighted by Crippen LogP contribution is -2.44. The number of nitrogens with zero attached hydrogens (tertiary/aromatic N) is 2. The molecule has 0 unspecified atom stereocenters. The van der Waals surface area contributed by atoms with Gasteiger partial charge in [-0.2, -0.15) is 5.10 Å². The van der Waals surface area contributed by atoms with E-state index in [4.69, 9.17) is 16.7 Å². The highest BCUT2D eigenvalue weighted by Gasteiger charge is 2.25. The summed E-state index contributed by atoms with van der Waals surface area (Å²) in [6.45, 7) is 5.18. The third-order valence-corrected chi connectivity index (χ3v) is 3.71. The molecule has 0 spiro atoms. The van der Waals surface area contributed by atoms with Crippen molar-refractivity contribution in [3.05, 3.63) is 46.7 Å². The number of carbonyl (C=O) groups excluding carboxylic acids is 1. The number of carboxylic acid groups (broad SMARTS) is 1. The molecule has 1 aromatic heterocycles. The largest absolute Gasteiger partial charge is 0.480 e. The lowest BCUT2D eigenvalue weighted by atomic mass is 10.0. The molecule has 0 bridgehead atoms. The normalized spacial score (nSPS) is 12.2. The number of hydrogen-bond acceptors (Lipinski definition) is 3. The number of halogens is 1. The van der Waals surface area contributed by atoms with Crippen molar-refractivity contribution in [1.29, 1.82) is 0 Å². The van der Waals surface area contributed by atoms with Crippen LogP contribution in [0.15, 0.2) is 30.5 Å². The van der Waals surface area contributed by atoms with Crippen molar-refractivity contribution in [3.63, 3.8) is 0 Å². The number of rotatable bonds is 5. The van der Waals surface area contributed by atoms with Gasteiger partial charge in [0.15, 0.2) is 0 Å². The lowest BCUT2D eigenvalue weighted by molar-refractivity contribution is -0.140. The van der Waals surface area contributed by atoms with E-state index in [1.54, 1.807) is 55.9 Å². The van der Waals surface area contributed by atoms with Crippen LogP contribution < -0.4 is 5.32 Å². The molecule has 0 fully saturated rings. The van der Waals surface area contributed by atoms with Crippen LogP contribution in [0.3, 0.4) is 0 Å². The minimum Gasteiger partial charge on any atom is -0.480 e. The van der Waals surface area contributed by atoms with Crippen molar-refractivity contribution < 1.29 is 14.7 Å². The molecule has 0 aliphatic rings. The summed E-state index contributed by atoms with van der Waals surface area (Å²) in [5.74, 6) is -1.73. The van der Waals surface area contributed by atoms with Gasteiger partial charge in [0.05, 0.1) is 16.9 Å². The first kappa shape index (κ1) is 17.0. The Morgan fingerprint density at radius 3 is 2.39 bits per heavy atom. The molecule has 122 valence electrons. The van der Waals surface area contributed by atoms with Crippen LogP contribution in [0.5, 0.6) is 0 Å². The van der Waals surface area contributed by atoms with Gasteiger partial charge in [0.1, 0.15) is 6.04 Å². The number of nitrogens with one attached hydrogen (secondary N) is 1. The molecule has 0 aliphatic heterocycles. The van der Waals surface area contributed by atoms with E-state index >= 15 is 0 Å². The summed E-state index contributed by atoms with van der Waals surface area (Å²) in [5.41, 5.74) is 1.62. The first-order valence-corrected chi connectivity index (χ1v) is 7.53. The Morgan fingerprint density at radius 1 is 1.26 bits per heavy atom. The molecule has 0 saturated heterocycles. The average molecular weight is 336 g/mol. The van der Waals surface area contributed by atoms with Gasteiger partial charge in [-0.25, -0.2) is 9.48 Å². The molecule has 1 heterocycles. The van der Waals surface area contributed by atoms with Crippen molar-refractivity contribution in [2.45, 2.75) is 26.8 Å². The first-order valence-electron chi connectivity index (χ1n) is 7.15. The second kappa shape index (κ2) is 6.83. The fraction of sp³-hybridized carbons (Fsp3) is 0.312. The highest BCUT2D eigenvalue weighted by atomic mass is 35.5. The molecule has 1 atom stereocenters. The molecule has 2 rings (SSSR count). The molecule has 7 heteroatoms. The molecule has 2 N–H and O–H groups in total. The van der Waals surface area contributed by atoms with Gasteiger partial charge < -0.3 is 10.4 Å². The molecular weight excluding hydrogens is 318 g/mol. The molecular formula is C16H18ClN3O3. The van der Waals surface area contributed by atoms with Crippen molar-refractivity contribution in [1.82, 2.24) is 15.1 Å². The van der Waals surface area contributed by atoms with Crippen LogP contribution in [0, 0.1) is 12.8 Å². The van der Waals surface area contributed by atoms with E-state index in [1.807, 2.05) is 0 Å². The van der Waals surface area contributed by atoms with Crippen LogP contribution >= 0.6 is 11.6 Å². The van der Waals surface area contributed by atoms with Crippen LogP contribution in [0.4, 0.5) is 0 Å². The second-order valence-electron chi connectivity index (χ2n) is 5.58. The molecule has 0 aliphatic carbocycles. The number of aromatic nitrogens is 2. The maximum absolute atomic E-state index is 12.3. The first-order chi connectivity index (χ1) is 10.8. The van der Waals surface area contributed by atoms with Crippen molar-refractivity contribution in [3.8, 4) is 5.69 Å². The smallest absolute Gasteiger partial charge is 0.326 e. The van der Waals surface area contributed by atoms with Crippen LogP contribution in [-0.4, -0.2) is 32.8 Å². The Bertz CT molecular complexity index is 723. The fourth-order valence-corrected chi connectivity index (χ4v) is 2.27. The fourth-order valence-electron chi connectivity index (χ4n) is 2.14. The van der Waals surface area contributed by atoms with Gasteiger partial charge in [-0.05, 0) is 37.1 Å². The van der Waals surface area contributed by atoms with Gasteiger partial charge in [-0.15, -0.1) is 0 Å². The summed E-state index contributed by atoms with van der Waals surface area (Å²) < 4.78 is 1.56. The van der Waals surface area contributed by atoms with Gasteiger partial charge in [0.25, 0.3) is 5.91 Å². The summed E-state index contributed by atoms with van der Waals surface area (Å²) >= 11 is 5.85. The molecule has 1 aromatic carbocycles. The van der Waals surface area contributed by atoms with Gasteiger partial charge in [-0.1, -0.05) is 25.4 Å². The standard InChI is InChI=1S/C16H18ClN3O3/c1-9(2)14(16(22)23)18-15(21)13-8-20(19-10(13)3)12-6-4-11(17)5-7-12/h4-9,14H,1-3H3,(H,18,21)(H,22,23)/t14-/m1/s1. The van der Waals surface area contributed by atoms with Crippen LogP contribution in [0.2, 0.25) is 5.02 Å². The Kier molecular flexibility index (Phi) is 5.05. The third kappa shape index (κ3) is 3.90. The number of carbonyl (C=O) groups is 2. The van der Waals surface area contributed by atoms with Crippen molar-refractivity contribution in [2.24, 2.45) is 5.92 Å². The monoisotopic (exact) mass is 335 g/mol. The zero-order chi connectivity index (χ0) is 17.1. The third-order valence-electron chi connectivity index (χ3n) is 3.45. The van der Waals surface area contributed by atoms with Crippen LogP contribution in [0.25, 0.3) is 5.69 Å². The number of aryl methyl sites for hydroxylation is 1. The molecule has 0 saturated carbocycles. The average Bonchev–Trinajstić information content (AvgIpc) is 2.86. The Labute approximate surface area is 139 Å². The van der Waals surface area contributed by atoms with Gasteiger partial charge >= 0.3 is 5.97 Å². The highest BCUT2D eigenvalue weighted by molar-refractivity contribution is 6.30. The van der Waals surface area contributed by atoms with E-state index < -0.39 is 17.9 Å². The van der Waals surface area contributed by atoms with E-state index in [1.165, 1.54) is 0 Å². The lowest BCUT2D eigenvalue weighted by Gasteiger charge is -2.17. The highest BCUT2D eigenvalue weighted by Crippen LogP contribution is 2.16. The van der Waals surface area contributed by atoms with E-state index in [2.05, 4.69) is 10.4 Å². The second-order valence-corrected chi connectivity index (χ2v) is 6.02. The minimum absolute atomic E-state index is 0.219. The summed E-state index contributed by atoms with van der Waals surface area (Å²) in [6, 6.07) is 6.08. The van der Waals surface area contributed by atoms with Gasteiger partial charge in [0, 0.05) is 11.2 Å². The number of aliphatic carboxylic acids is 1. The molecule has 0 radical (unpaired) electrons. The molecule has 23 heavy (non-hydrogen) atoms. The summed E-state index contributed by atoms with van der Waals surface area (Å²) in [5, 5.41) is 16.6. The Balaban J connectivity index is 2.25. The van der Waals surface area contributed by atoms with E-state index in [0.717, 1.165) is 5.69 Å². The van der Waals surface area contributed by atoms with E-state index in [0.29, 0.717) is 16.3 Å². The minimum atomic E-state index is -1.06. The maximum Gasteiger partial charge on any atom is 0.326 e. The predicted molar refractivity (Wildman–Crippen MR) is 87.0 cm³/mol. The molecule has 1 amide bonds. The molecule has 2 aromatic rings. The summed E-state index contributed by atoms with van der Waals surface area (Å²) in [6.07, 6.45) is 1.58. The maximum atomic E-state index is 12.3. The Hall–Kier alpha value is -2.34. The van der Waals surface area contributed by atoms with Gasteiger partial charge in [-0.3, -0.25) is 4.79 Å². The topological polar surface area (TPSA) is 84.2 Å². The zero-order valence-corrected chi connectivity index (χ0v) is 13.8. The number of amides is 1. The zero-order valence-electron chi connectivity index (χ0n) is 13.1. The number of hydrogen-bond donors (Lipinski definition) is 2. The quantitative estimate of drug-likeness (QED) is 0.879. The molecule has 6 nitrogen and oxygen atoms in total.